The largest absolute Gasteiger partial charge is 0.465 e. The van der Waals surface area contributed by atoms with E-state index in [2.05, 4.69) is 4.98 Å². The van der Waals surface area contributed by atoms with Gasteiger partial charge in [0, 0.05) is 25.8 Å². The molecule has 1 aromatic carbocycles. The lowest BCUT2D eigenvalue weighted by molar-refractivity contribution is -0.137. The summed E-state index contributed by atoms with van der Waals surface area (Å²) >= 11 is 0. The maximum absolute atomic E-state index is 12.9. The summed E-state index contributed by atoms with van der Waals surface area (Å²) in [6.45, 7) is 4.76. The van der Waals surface area contributed by atoms with Crippen LogP contribution in [0.4, 0.5) is 23.8 Å². The molecule has 2 N–H and O–H groups in total. The van der Waals surface area contributed by atoms with Crippen LogP contribution in [0, 0.1) is 0 Å². The van der Waals surface area contributed by atoms with Gasteiger partial charge >= 0.3 is 12.3 Å². The second-order valence-electron chi connectivity index (χ2n) is 9.53. The van der Waals surface area contributed by atoms with Gasteiger partial charge in [0.05, 0.1) is 17.2 Å². The molecule has 1 aromatic heterocycles. The molecule has 0 radical (unpaired) electrons. The summed E-state index contributed by atoms with van der Waals surface area (Å²) in [6, 6.07) is 11.8. The number of piperidine rings is 1. The number of carbonyl (C=O) groups is 1. The number of amides is 1. The van der Waals surface area contributed by atoms with E-state index in [9.17, 15) is 28.2 Å². The summed E-state index contributed by atoms with van der Waals surface area (Å²) in [7, 11) is 0. The Hall–Kier alpha value is -2.81. The molecule has 0 aliphatic carbocycles. The number of aliphatic hydroxyl groups is 1. The normalized spacial score (nSPS) is 17.9. The lowest BCUT2D eigenvalue weighted by atomic mass is 9.85. The molecular weight excluding hydrogens is 447 g/mol. The van der Waals surface area contributed by atoms with Crippen molar-refractivity contribution in [3.8, 4) is 0 Å². The van der Waals surface area contributed by atoms with E-state index in [0.29, 0.717) is 51.1 Å². The molecule has 186 valence electrons. The number of carboxylic acid groups (broad SMARTS) is 1. The molecule has 9 heteroatoms. The Bertz CT molecular complexity index is 930. The Morgan fingerprint density at radius 2 is 1.91 bits per heavy atom. The third kappa shape index (κ3) is 7.09. The highest BCUT2D eigenvalue weighted by Gasteiger charge is 2.33. The number of hydrogen-bond donors (Lipinski definition) is 2. The van der Waals surface area contributed by atoms with Gasteiger partial charge < -0.3 is 20.0 Å². The molecule has 1 fully saturated rings. The first-order valence-electron chi connectivity index (χ1n) is 11.5. The van der Waals surface area contributed by atoms with Gasteiger partial charge in [0.15, 0.2) is 0 Å². The lowest BCUT2D eigenvalue weighted by Crippen LogP contribution is -2.50. The monoisotopic (exact) mass is 479 g/mol. The molecule has 1 aliphatic rings. The second-order valence-corrected chi connectivity index (χ2v) is 9.53. The molecule has 2 heterocycles. The highest BCUT2D eigenvalue weighted by molar-refractivity contribution is 5.65. The first-order chi connectivity index (χ1) is 15.9. The number of anilines is 1. The third-order valence-corrected chi connectivity index (χ3v) is 6.22. The van der Waals surface area contributed by atoms with Crippen LogP contribution in [0.15, 0.2) is 48.7 Å². The van der Waals surface area contributed by atoms with Gasteiger partial charge in [-0.3, -0.25) is 0 Å². The van der Waals surface area contributed by atoms with Crippen molar-refractivity contribution >= 4 is 11.9 Å². The zero-order valence-corrected chi connectivity index (χ0v) is 19.5. The first kappa shape index (κ1) is 25.8. The molecule has 1 amide bonds. The van der Waals surface area contributed by atoms with E-state index in [-0.39, 0.29) is 12.0 Å². The number of alkyl halides is 3. The van der Waals surface area contributed by atoms with Gasteiger partial charge in [0.25, 0.3) is 0 Å². The average Bonchev–Trinajstić information content (AvgIpc) is 2.78. The molecule has 0 bridgehead atoms. The molecule has 0 unspecified atom stereocenters. The van der Waals surface area contributed by atoms with Crippen LogP contribution in [-0.4, -0.2) is 57.5 Å². The van der Waals surface area contributed by atoms with Gasteiger partial charge in [-0.1, -0.05) is 30.3 Å². The molecule has 2 aromatic rings. The summed E-state index contributed by atoms with van der Waals surface area (Å²) in [6.07, 6.45) is -2.23. The van der Waals surface area contributed by atoms with Crippen molar-refractivity contribution in [1.29, 1.82) is 0 Å². The Kier molecular flexibility index (Phi) is 8.07. The van der Waals surface area contributed by atoms with Gasteiger partial charge in [-0.05, 0) is 63.1 Å². The first-order valence-corrected chi connectivity index (χ1v) is 11.5. The molecule has 0 saturated carbocycles. The van der Waals surface area contributed by atoms with Gasteiger partial charge in [-0.15, -0.1) is 0 Å². The molecule has 3 rings (SSSR count). The van der Waals surface area contributed by atoms with E-state index in [1.807, 2.05) is 35.2 Å². The van der Waals surface area contributed by atoms with E-state index >= 15 is 0 Å². The predicted octanol–water partition coefficient (Wildman–Crippen LogP) is 5.38. The second kappa shape index (κ2) is 10.6. The third-order valence-electron chi connectivity index (χ3n) is 6.22. The van der Waals surface area contributed by atoms with Crippen LogP contribution in [0.2, 0.25) is 0 Å². The van der Waals surface area contributed by atoms with Crippen LogP contribution in [-0.2, 0) is 6.18 Å². The molecule has 6 nitrogen and oxygen atoms in total. The maximum Gasteiger partial charge on any atom is 0.417 e. The highest BCUT2D eigenvalue weighted by atomic mass is 19.4. The minimum atomic E-state index is -4.45. The summed E-state index contributed by atoms with van der Waals surface area (Å²) < 4.78 is 38.6. The highest BCUT2D eigenvalue weighted by Crippen LogP contribution is 2.32. The Morgan fingerprint density at radius 3 is 2.47 bits per heavy atom. The fraction of sp³-hybridized carbons (Fsp3) is 0.520. The van der Waals surface area contributed by atoms with Gasteiger partial charge in [-0.25, -0.2) is 9.78 Å². The Morgan fingerprint density at radius 1 is 1.21 bits per heavy atom. The lowest BCUT2D eigenvalue weighted by Gasteiger charge is -2.39. The topological polar surface area (TPSA) is 76.9 Å². The quantitative estimate of drug-likeness (QED) is 0.531. The number of hydrogen-bond acceptors (Lipinski definition) is 4. The number of halogens is 3. The van der Waals surface area contributed by atoms with Crippen LogP contribution in [0.1, 0.15) is 56.6 Å². The van der Waals surface area contributed by atoms with Crippen LogP contribution in [0.3, 0.4) is 0 Å². The molecule has 1 aliphatic heterocycles. The molecule has 1 saturated heterocycles. The van der Waals surface area contributed by atoms with Crippen molar-refractivity contribution in [2.75, 3.05) is 24.5 Å². The van der Waals surface area contributed by atoms with Gasteiger partial charge in [-0.2, -0.15) is 13.2 Å². The average molecular weight is 480 g/mol. The van der Waals surface area contributed by atoms with Crippen LogP contribution >= 0.6 is 0 Å². The van der Waals surface area contributed by atoms with E-state index in [0.717, 1.165) is 17.8 Å². The van der Waals surface area contributed by atoms with Crippen LogP contribution in [0.5, 0.6) is 0 Å². The molecule has 2 atom stereocenters. The summed E-state index contributed by atoms with van der Waals surface area (Å²) in [5, 5.41) is 20.3. The van der Waals surface area contributed by atoms with E-state index in [1.165, 1.54) is 11.0 Å². The number of nitrogens with zero attached hydrogens (tertiary/aromatic N) is 3. The zero-order valence-electron chi connectivity index (χ0n) is 19.5. The SMILES string of the molecule is CC(C)(O)C[C@@H](CCN(C(=O)O)[C@H]1CCCN(c2ccc(C(F)(F)F)cn2)C1)c1ccccc1. The number of benzene rings is 1. The fourth-order valence-electron chi connectivity index (χ4n) is 4.60. The van der Waals surface area contributed by atoms with Crippen molar-refractivity contribution in [1.82, 2.24) is 9.88 Å². The minimum absolute atomic E-state index is 0.0145. The maximum atomic E-state index is 12.9. The fourth-order valence-corrected chi connectivity index (χ4v) is 4.60. The van der Waals surface area contributed by atoms with Crippen LogP contribution in [0.25, 0.3) is 0 Å². The van der Waals surface area contributed by atoms with Gasteiger partial charge in [0.1, 0.15) is 5.82 Å². The standard InChI is InChI=1S/C25H32F3N3O3/c1-24(2,34)15-19(18-7-4-3-5-8-18)12-14-31(23(32)33)21-9-6-13-30(17-21)22-11-10-20(16-29-22)25(26,27)28/h3-5,7-8,10-11,16,19,21,34H,6,9,12-15,17H2,1-2H3,(H,32,33)/t19-,21+/m1/s1. The van der Waals surface area contributed by atoms with E-state index in [1.54, 1.807) is 13.8 Å². The van der Waals surface area contributed by atoms with Gasteiger partial charge in [0.2, 0.25) is 0 Å². The van der Waals surface area contributed by atoms with Crippen LogP contribution < -0.4 is 4.90 Å². The number of aromatic nitrogens is 1. The van der Waals surface area contributed by atoms with Crippen molar-refractivity contribution < 1.29 is 28.2 Å². The van der Waals surface area contributed by atoms with E-state index in [4.69, 9.17) is 0 Å². The van der Waals surface area contributed by atoms with Crippen molar-refractivity contribution in [3.63, 3.8) is 0 Å². The van der Waals surface area contributed by atoms with Crippen molar-refractivity contribution in [3.05, 3.63) is 59.8 Å². The zero-order chi connectivity index (χ0) is 24.9. The summed E-state index contributed by atoms with van der Waals surface area (Å²) in [4.78, 5) is 19.4. The number of rotatable bonds is 8. The minimum Gasteiger partial charge on any atom is -0.465 e. The smallest absolute Gasteiger partial charge is 0.417 e. The molecule has 0 spiro atoms. The van der Waals surface area contributed by atoms with Crippen molar-refractivity contribution in [2.24, 2.45) is 0 Å². The predicted molar refractivity (Wildman–Crippen MR) is 124 cm³/mol. The molecular formula is C25H32F3N3O3. The van der Waals surface area contributed by atoms with Crippen molar-refractivity contribution in [2.45, 2.75) is 63.3 Å². The molecule has 34 heavy (non-hydrogen) atoms. The van der Waals surface area contributed by atoms with E-state index < -0.39 is 23.4 Å². The Balaban J connectivity index is 1.70. The summed E-state index contributed by atoms with van der Waals surface area (Å²) in [5.41, 5.74) is -0.658. The summed E-state index contributed by atoms with van der Waals surface area (Å²) in [5.74, 6) is 0.395. The number of pyridine rings is 1. The Labute approximate surface area is 198 Å².